The zero-order valence-electron chi connectivity index (χ0n) is 12.1. The van der Waals surface area contributed by atoms with Gasteiger partial charge < -0.3 is 10.3 Å². The molecule has 0 saturated heterocycles. The molecule has 0 spiro atoms. The molecule has 0 aliphatic carbocycles. The van der Waals surface area contributed by atoms with E-state index in [1.165, 1.54) is 5.56 Å². The molecule has 0 aliphatic rings. The molecule has 3 rings (SSSR count). The monoisotopic (exact) mass is 299 g/mol. The van der Waals surface area contributed by atoms with Crippen LogP contribution in [0.4, 0.5) is 5.95 Å². The number of imidazole rings is 1. The van der Waals surface area contributed by atoms with Crippen molar-refractivity contribution in [2.75, 3.05) is 11.9 Å². The van der Waals surface area contributed by atoms with Gasteiger partial charge in [-0.2, -0.15) is 4.98 Å². The van der Waals surface area contributed by atoms with Crippen molar-refractivity contribution in [1.82, 2.24) is 19.9 Å². The van der Waals surface area contributed by atoms with Crippen molar-refractivity contribution in [2.45, 2.75) is 30.2 Å². The van der Waals surface area contributed by atoms with E-state index < -0.39 is 0 Å². The second-order valence-electron chi connectivity index (χ2n) is 4.80. The minimum atomic E-state index is 0.631. The number of nitrogens with one attached hydrogen (secondary N) is 2. The van der Waals surface area contributed by atoms with Crippen LogP contribution in [0, 0.1) is 6.92 Å². The van der Waals surface area contributed by atoms with Crippen LogP contribution in [0.2, 0.25) is 0 Å². The maximum absolute atomic E-state index is 4.61. The predicted octanol–water partition coefficient (Wildman–Crippen LogP) is 3.63. The van der Waals surface area contributed by atoms with Crippen LogP contribution in [0.15, 0.2) is 40.5 Å². The number of aromatic nitrogens is 4. The van der Waals surface area contributed by atoms with Gasteiger partial charge in [-0.3, -0.25) is 0 Å². The zero-order chi connectivity index (χ0) is 14.7. The zero-order valence-corrected chi connectivity index (χ0v) is 12.9. The lowest BCUT2D eigenvalue weighted by Gasteiger charge is -2.07. The fourth-order valence-corrected chi connectivity index (χ4v) is 2.99. The van der Waals surface area contributed by atoms with Gasteiger partial charge >= 0.3 is 0 Å². The van der Waals surface area contributed by atoms with Crippen LogP contribution in [0.3, 0.4) is 0 Å². The normalized spacial score (nSPS) is 11.0. The van der Waals surface area contributed by atoms with Crippen LogP contribution in [0.25, 0.3) is 11.2 Å². The summed E-state index contributed by atoms with van der Waals surface area (Å²) < 4.78 is 0. The quantitative estimate of drug-likeness (QED) is 0.704. The average molecular weight is 299 g/mol. The fourth-order valence-electron chi connectivity index (χ4n) is 1.99. The Hall–Kier alpha value is -2.08. The Morgan fingerprint density at radius 3 is 3.00 bits per heavy atom. The highest BCUT2D eigenvalue weighted by Crippen LogP contribution is 2.31. The van der Waals surface area contributed by atoms with Gasteiger partial charge in [-0.15, -0.1) is 0 Å². The molecule has 0 unspecified atom stereocenters. The number of benzene rings is 1. The molecule has 2 heterocycles. The van der Waals surface area contributed by atoms with E-state index in [1.807, 2.05) is 0 Å². The van der Waals surface area contributed by atoms with Gasteiger partial charge in [0.15, 0.2) is 5.65 Å². The first kappa shape index (κ1) is 13.9. The van der Waals surface area contributed by atoms with Crippen molar-refractivity contribution in [1.29, 1.82) is 0 Å². The lowest BCUT2D eigenvalue weighted by atomic mass is 10.2. The number of hydrogen-bond acceptors (Lipinski definition) is 5. The third kappa shape index (κ3) is 3.16. The number of H-pyrrole nitrogens is 1. The molecule has 0 aliphatic heterocycles. The summed E-state index contributed by atoms with van der Waals surface area (Å²) in [6.45, 7) is 5.05. The van der Waals surface area contributed by atoms with Gasteiger partial charge in [0.25, 0.3) is 0 Å². The van der Waals surface area contributed by atoms with E-state index in [-0.39, 0.29) is 0 Å². The van der Waals surface area contributed by atoms with Crippen molar-refractivity contribution in [3.63, 3.8) is 0 Å². The highest BCUT2D eigenvalue weighted by atomic mass is 32.2. The van der Waals surface area contributed by atoms with Gasteiger partial charge in [0.2, 0.25) is 5.95 Å². The summed E-state index contributed by atoms with van der Waals surface area (Å²) in [6, 6.07) is 8.37. The van der Waals surface area contributed by atoms with Gasteiger partial charge in [-0.05, 0) is 25.5 Å². The average Bonchev–Trinajstić information content (AvgIpc) is 2.94. The molecule has 0 amide bonds. The van der Waals surface area contributed by atoms with E-state index in [4.69, 9.17) is 0 Å². The van der Waals surface area contributed by atoms with Crippen molar-refractivity contribution >= 4 is 28.9 Å². The predicted molar refractivity (Wildman–Crippen MR) is 85.8 cm³/mol. The SMILES string of the molecule is CCCNc1nc(Sc2cccc(C)c2)c2[nH]cnc2n1. The second kappa shape index (κ2) is 6.13. The molecule has 0 bridgehead atoms. The Labute approximate surface area is 127 Å². The molecule has 0 atom stereocenters. The topological polar surface area (TPSA) is 66.5 Å². The first-order chi connectivity index (χ1) is 10.3. The number of nitrogens with zero attached hydrogens (tertiary/aromatic N) is 3. The van der Waals surface area contributed by atoms with Crippen LogP contribution < -0.4 is 5.32 Å². The summed E-state index contributed by atoms with van der Waals surface area (Å²) in [5.74, 6) is 0.631. The summed E-state index contributed by atoms with van der Waals surface area (Å²) in [5.41, 5.74) is 2.81. The third-order valence-corrected chi connectivity index (χ3v) is 3.97. The van der Waals surface area contributed by atoms with Crippen LogP contribution in [-0.4, -0.2) is 26.5 Å². The molecule has 0 fully saturated rings. The summed E-state index contributed by atoms with van der Waals surface area (Å²) in [4.78, 5) is 17.5. The van der Waals surface area contributed by atoms with Crippen LogP contribution >= 0.6 is 11.8 Å². The second-order valence-corrected chi connectivity index (χ2v) is 5.86. The molecule has 6 heteroatoms. The van der Waals surface area contributed by atoms with Gasteiger partial charge in [0.1, 0.15) is 10.5 Å². The van der Waals surface area contributed by atoms with E-state index >= 15 is 0 Å². The summed E-state index contributed by atoms with van der Waals surface area (Å²) in [7, 11) is 0. The lowest BCUT2D eigenvalue weighted by Crippen LogP contribution is -2.05. The highest BCUT2D eigenvalue weighted by Gasteiger charge is 2.11. The number of rotatable bonds is 5. The molecular weight excluding hydrogens is 282 g/mol. The largest absolute Gasteiger partial charge is 0.354 e. The summed E-state index contributed by atoms with van der Waals surface area (Å²) in [5, 5.41) is 4.11. The van der Waals surface area contributed by atoms with Crippen LogP contribution in [0.1, 0.15) is 18.9 Å². The minimum Gasteiger partial charge on any atom is -0.354 e. The van der Waals surface area contributed by atoms with Crippen LogP contribution in [-0.2, 0) is 0 Å². The Bertz CT molecular complexity index is 753. The number of fused-ring (bicyclic) bond motifs is 1. The maximum Gasteiger partial charge on any atom is 0.225 e. The first-order valence-electron chi connectivity index (χ1n) is 6.96. The van der Waals surface area contributed by atoms with Crippen molar-refractivity contribution < 1.29 is 0 Å². The molecule has 108 valence electrons. The number of aromatic amines is 1. The molecule has 0 saturated carbocycles. The van der Waals surface area contributed by atoms with Crippen LogP contribution in [0.5, 0.6) is 0 Å². The highest BCUT2D eigenvalue weighted by molar-refractivity contribution is 7.99. The van der Waals surface area contributed by atoms with E-state index in [9.17, 15) is 0 Å². The molecule has 21 heavy (non-hydrogen) atoms. The molecule has 1 aromatic carbocycles. The van der Waals surface area contributed by atoms with E-state index in [1.54, 1.807) is 18.1 Å². The van der Waals surface area contributed by atoms with Crippen molar-refractivity contribution in [3.8, 4) is 0 Å². The van der Waals surface area contributed by atoms with Gasteiger partial charge in [-0.25, -0.2) is 9.97 Å². The van der Waals surface area contributed by atoms with Crippen molar-refractivity contribution in [2.24, 2.45) is 0 Å². The maximum atomic E-state index is 4.61. The Morgan fingerprint density at radius 2 is 2.19 bits per heavy atom. The number of aryl methyl sites for hydroxylation is 1. The van der Waals surface area contributed by atoms with E-state index in [0.29, 0.717) is 11.6 Å². The fraction of sp³-hybridized carbons (Fsp3) is 0.267. The smallest absolute Gasteiger partial charge is 0.225 e. The lowest BCUT2D eigenvalue weighted by molar-refractivity contribution is 0.943. The third-order valence-electron chi connectivity index (χ3n) is 2.99. The molecule has 3 aromatic rings. The van der Waals surface area contributed by atoms with Gasteiger partial charge in [-0.1, -0.05) is 36.4 Å². The van der Waals surface area contributed by atoms with E-state index in [0.717, 1.165) is 28.4 Å². The Balaban J connectivity index is 1.97. The summed E-state index contributed by atoms with van der Waals surface area (Å²) >= 11 is 1.62. The number of hydrogen-bond donors (Lipinski definition) is 2. The molecule has 2 N–H and O–H groups in total. The molecule has 5 nitrogen and oxygen atoms in total. The number of anilines is 1. The Morgan fingerprint density at radius 1 is 1.29 bits per heavy atom. The standard InChI is InChI=1S/C15H17N5S/c1-3-7-16-15-19-13-12(17-9-18-13)14(20-15)21-11-6-4-5-10(2)8-11/h4-6,8-9H,3,7H2,1-2H3,(H2,16,17,18,19,20). The molecule has 2 aromatic heterocycles. The van der Waals surface area contributed by atoms with Gasteiger partial charge in [0.05, 0.1) is 6.33 Å². The first-order valence-corrected chi connectivity index (χ1v) is 7.77. The van der Waals surface area contributed by atoms with Crippen molar-refractivity contribution in [3.05, 3.63) is 36.2 Å². The van der Waals surface area contributed by atoms with E-state index in [2.05, 4.69) is 63.4 Å². The summed E-state index contributed by atoms with van der Waals surface area (Å²) in [6.07, 6.45) is 2.69. The van der Waals surface area contributed by atoms with Gasteiger partial charge in [0, 0.05) is 11.4 Å². The molecular formula is C15H17N5S. The minimum absolute atomic E-state index is 0.631. The Kier molecular flexibility index (Phi) is 4.06. The molecule has 0 radical (unpaired) electrons.